The van der Waals surface area contributed by atoms with Crippen molar-refractivity contribution >= 4 is 28.6 Å². The average Bonchev–Trinajstić information content (AvgIpc) is 3.13. The Hall–Kier alpha value is -6.29. The highest BCUT2D eigenvalue weighted by Crippen LogP contribution is 2.40. The van der Waals surface area contributed by atoms with Gasteiger partial charge in [-0.05, 0) is 34.9 Å². The molecule has 0 aliphatic rings. The van der Waals surface area contributed by atoms with Crippen molar-refractivity contribution in [2.24, 2.45) is 0 Å². The van der Waals surface area contributed by atoms with Gasteiger partial charge in [-0.25, -0.2) is 0 Å². The number of halogens is 3. The number of carbonyl (C=O) groups excluding carboxylic acids is 2. The van der Waals surface area contributed by atoms with E-state index < -0.39 is 23.7 Å². The van der Waals surface area contributed by atoms with Crippen LogP contribution in [-0.2, 0) is 28.8 Å². The van der Waals surface area contributed by atoms with Gasteiger partial charge in [0.2, 0.25) is 0 Å². The lowest BCUT2D eigenvalue weighted by Gasteiger charge is -2.16. The highest BCUT2D eigenvalue weighted by molar-refractivity contribution is 6.16. The van der Waals surface area contributed by atoms with Gasteiger partial charge in [-0.1, -0.05) is 104 Å². The van der Waals surface area contributed by atoms with Crippen molar-refractivity contribution in [1.82, 2.24) is 4.98 Å². The molecule has 0 fully saturated rings. The van der Waals surface area contributed by atoms with Crippen molar-refractivity contribution in [1.29, 1.82) is 0 Å². The molecule has 0 radical (unpaired) electrons. The van der Waals surface area contributed by atoms with Crippen molar-refractivity contribution in [2.45, 2.75) is 32.5 Å². The van der Waals surface area contributed by atoms with Crippen LogP contribution in [0.3, 0.4) is 0 Å². The maximum Gasteiger partial charge on any atom is 0.418 e. The van der Waals surface area contributed by atoms with Crippen LogP contribution in [-0.4, -0.2) is 27.8 Å². The summed E-state index contributed by atoms with van der Waals surface area (Å²) in [5.41, 5.74) is 2.55. The van der Waals surface area contributed by atoms with E-state index >= 15 is 0 Å². The van der Waals surface area contributed by atoms with Crippen molar-refractivity contribution in [3.8, 4) is 33.8 Å². The number of carboxylic acid groups (broad SMARTS) is 1. The fraction of sp³-hybridized carbons (Fsp3) is 0.122. The number of rotatable bonds is 11. The number of ketones is 1. The third-order valence-corrected chi connectivity index (χ3v) is 8.22. The van der Waals surface area contributed by atoms with Gasteiger partial charge in [0, 0.05) is 45.8 Å². The summed E-state index contributed by atoms with van der Waals surface area (Å²) in [5, 5.41) is 9.55. The summed E-state index contributed by atoms with van der Waals surface area (Å²) >= 11 is 0. The van der Waals surface area contributed by atoms with Gasteiger partial charge in [0.25, 0.3) is 0 Å². The molecule has 0 saturated heterocycles. The van der Waals surface area contributed by atoms with Crippen LogP contribution in [0.2, 0.25) is 0 Å². The SMILES string of the molecule is CCC(=O)Oc1c(CC(=O)O)cccc1-c1ccc(COc2cccc(-c3c(C(=O)c4ccccc4)cnc4c(C(F)(F)F)cccc34)c2)cc1. The average molecular weight is 690 g/mol. The number of carboxylic acids is 1. The smallest absolute Gasteiger partial charge is 0.418 e. The zero-order chi connectivity index (χ0) is 36.1. The number of hydrogen-bond acceptors (Lipinski definition) is 6. The molecule has 0 aliphatic heterocycles. The van der Waals surface area contributed by atoms with Crippen LogP contribution in [0.4, 0.5) is 13.2 Å². The molecule has 1 heterocycles. The van der Waals surface area contributed by atoms with Gasteiger partial charge in [-0.15, -0.1) is 0 Å². The number of benzene rings is 5. The normalized spacial score (nSPS) is 11.3. The quantitative estimate of drug-likeness (QED) is 0.0822. The predicted octanol–water partition coefficient (Wildman–Crippen LogP) is 9.34. The van der Waals surface area contributed by atoms with Gasteiger partial charge >= 0.3 is 18.1 Å². The van der Waals surface area contributed by atoms with Crippen LogP contribution in [0.5, 0.6) is 11.5 Å². The summed E-state index contributed by atoms with van der Waals surface area (Å²) in [5.74, 6) is -1.31. The number of aromatic nitrogens is 1. The molecule has 0 amide bonds. The molecule has 256 valence electrons. The van der Waals surface area contributed by atoms with Gasteiger partial charge in [-0.3, -0.25) is 19.4 Å². The number of pyridine rings is 1. The van der Waals surface area contributed by atoms with E-state index in [0.717, 1.165) is 11.6 Å². The summed E-state index contributed by atoms with van der Waals surface area (Å²) in [6.07, 6.45) is -3.65. The predicted molar refractivity (Wildman–Crippen MR) is 186 cm³/mol. The number of alkyl halides is 3. The first kappa shape index (κ1) is 34.6. The van der Waals surface area contributed by atoms with E-state index in [1.807, 2.05) is 12.1 Å². The third-order valence-electron chi connectivity index (χ3n) is 8.22. The Morgan fingerprint density at radius 1 is 0.804 bits per heavy atom. The van der Waals surface area contributed by atoms with Crippen molar-refractivity contribution in [3.63, 3.8) is 0 Å². The highest BCUT2D eigenvalue weighted by Gasteiger charge is 2.34. The fourth-order valence-corrected chi connectivity index (χ4v) is 5.79. The molecule has 0 spiro atoms. The molecule has 1 aromatic heterocycles. The summed E-state index contributed by atoms with van der Waals surface area (Å²) in [4.78, 5) is 41.5. The minimum atomic E-state index is -4.65. The monoisotopic (exact) mass is 689 g/mol. The summed E-state index contributed by atoms with van der Waals surface area (Å²) in [6, 6.07) is 31.4. The largest absolute Gasteiger partial charge is 0.489 e. The van der Waals surface area contributed by atoms with Crippen molar-refractivity contribution < 1.29 is 42.1 Å². The topological polar surface area (TPSA) is 103 Å². The lowest BCUT2D eigenvalue weighted by Crippen LogP contribution is -2.10. The Morgan fingerprint density at radius 3 is 2.24 bits per heavy atom. The Balaban J connectivity index is 1.31. The van der Waals surface area contributed by atoms with E-state index in [1.165, 1.54) is 18.3 Å². The molecule has 10 heteroatoms. The number of hydrogen-bond donors (Lipinski definition) is 1. The van der Waals surface area contributed by atoms with Gasteiger partial charge in [0.15, 0.2) is 5.78 Å². The molecule has 6 rings (SSSR count). The molecule has 0 saturated carbocycles. The maximum absolute atomic E-state index is 14.0. The minimum Gasteiger partial charge on any atom is -0.489 e. The molecule has 0 aliphatic carbocycles. The molecule has 0 bridgehead atoms. The van der Waals surface area contributed by atoms with E-state index in [9.17, 15) is 32.7 Å². The third kappa shape index (κ3) is 7.65. The number of nitrogens with zero attached hydrogens (tertiary/aromatic N) is 1. The van der Waals surface area contributed by atoms with Gasteiger partial charge in [0.05, 0.1) is 17.5 Å². The van der Waals surface area contributed by atoms with Crippen LogP contribution >= 0.6 is 0 Å². The molecule has 0 atom stereocenters. The number of fused-ring (bicyclic) bond motifs is 1. The van der Waals surface area contributed by atoms with E-state index in [1.54, 1.807) is 91.9 Å². The molecule has 51 heavy (non-hydrogen) atoms. The number of esters is 1. The van der Waals surface area contributed by atoms with Crippen molar-refractivity contribution in [3.05, 3.63) is 149 Å². The second-order valence-corrected chi connectivity index (χ2v) is 11.6. The van der Waals surface area contributed by atoms with E-state index in [0.29, 0.717) is 39.1 Å². The lowest BCUT2D eigenvalue weighted by atomic mass is 9.91. The molecular weight excluding hydrogens is 659 g/mol. The molecule has 6 aromatic rings. The summed E-state index contributed by atoms with van der Waals surface area (Å²) < 4.78 is 53.7. The van der Waals surface area contributed by atoms with E-state index in [2.05, 4.69) is 4.98 Å². The Labute approximate surface area is 290 Å². The number of ether oxygens (including phenoxy) is 2. The maximum atomic E-state index is 14.0. The van der Waals surface area contributed by atoms with Crippen LogP contribution in [0.25, 0.3) is 33.2 Å². The molecule has 0 unspecified atom stereocenters. The summed E-state index contributed by atoms with van der Waals surface area (Å²) in [7, 11) is 0. The zero-order valence-corrected chi connectivity index (χ0v) is 27.2. The van der Waals surface area contributed by atoms with Gasteiger partial charge in [0.1, 0.15) is 18.1 Å². The first-order chi connectivity index (χ1) is 24.5. The van der Waals surface area contributed by atoms with Crippen LogP contribution < -0.4 is 9.47 Å². The number of carbonyl (C=O) groups is 3. The van der Waals surface area contributed by atoms with Crippen LogP contribution in [0.15, 0.2) is 121 Å². The van der Waals surface area contributed by atoms with Gasteiger partial charge < -0.3 is 14.6 Å². The molecule has 5 aromatic carbocycles. The first-order valence-corrected chi connectivity index (χ1v) is 16.0. The van der Waals surface area contributed by atoms with Crippen LogP contribution in [0, 0.1) is 0 Å². The summed E-state index contributed by atoms with van der Waals surface area (Å²) in [6.45, 7) is 1.78. The van der Waals surface area contributed by atoms with E-state index in [4.69, 9.17) is 9.47 Å². The minimum absolute atomic E-state index is 0.120. The number of aliphatic carboxylic acids is 1. The van der Waals surface area contributed by atoms with Crippen LogP contribution in [0.1, 0.15) is 46.0 Å². The highest BCUT2D eigenvalue weighted by atomic mass is 19.4. The number of para-hydroxylation sites is 2. The second kappa shape index (κ2) is 14.7. The standard InChI is InChI=1S/C41H30F3NO6/c1-2-36(48)51-40-29(22-35(46)47)12-7-14-31(40)26-19-17-25(18-20-26)24-50-30-13-6-11-28(21-30)37-32-15-8-16-34(41(42,43)44)38(32)45-23-33(37)39(49)27-9-4-3-5-10-27/h3-21,23H,2,22,24H2,1H3,(H,46,47). The Bertz CT molecular complexity index is 2250. The first-order valence-electron chi connectivity index (χ1n) is 16.0. The fourth-order valence-electron chi connectivity index (χ4n) is 5.79. The van der Waals surface area contributed by atoms with Crippen molar-refractivity contribution in [2.75, 3.05) is 0 Å². The molecule has 1 N–H and O–H groups in total. The second-order valence-electron chi connectivity index (χ2n) is 11.6. The Morgan fingerprint density at radius 2 is 1.53 bits per heavy atom. The lowest BCUT2D eigenvalue weighted by molar-refractivity contribution is -0.137. The molecule has 7 nitrogen and oxygen atoms in total. The Kier molecular flexibility index (Phi) is 9.95. The zero-order valence-electron chi connectivity index (χ0n) is 27.2. The van der Waals surface area contributed by atoms with Gasteiger partial charge in [-0.2, -0.15) is 13.2 Å². The van der Waals surface area contributed by atoms with E-state index in [-0.39, 0.29) is 47.4 Å². The molecular formula is C41H30F3NO6.